The van der Waals surface area contributed by atoms with Crippen LogP contribution in [-0.2, 0) is 4.79 Å². The third-order valence-corrected chi connectivity index (χ3v) is 6.72. The van der Waals surface area contributed by atoms with Crippen LogP contribution in [0.2, 0.25) is 0 Å². The molecule has 3 rings (SSSR count). The normalized spacial score (nSPS) is 15.9. The van der Waals surface area contributed by atoms with Gasteiger partial charge in [-0.1, -0.05) is 56.0 Å². The number of hydrogen-bond donors (Lipinski definition) is 0. The van der Waals surface area contributed by atoms with Gasteiger partial charge in [0, 0.05) is 6.54 Å². The molecule has 170 valence electrons. The number of benzene rings is 2. The van der Waals surface area contributed by atoms with Crippen LogP contribution in [0.5, 0.6) is 17.2 Å². The lowest BCUT2D eigenvalue weighted by Crippen LogP contribution is -2.27. The number of nitrogens with zero attached hydrogens (tertiary/aromatic N) is 1. The molecule has 2 aromatic rings. The van der Waals surface area contributed by atoms with Gasteiger partial charge in [0.15, 0.2) is 11.5 Å². The van der Waals surface area contributed by atoms with Crippen LogP contribution in [-0.4, -0.2) is 42.0 Å². The minimum atomic E-state index is -0.0591. The monoisotopic (exact) mass is 471 g/mol. The first-order valence-electron chi connectivity index (χ1n) is 10.8. The Bertz CT molecular complexity index is 988. The van der Waals surface area contributed by atoms with E-state index in [-0.39, 0.29) is 5.91 Å². The topological polar surface area (TPSA) is 48.0 Å². The SMILES string of the molecule is CC[C@H](C)c1ccc(OCCOc2ccc(/C=C3\SC(=S)N(CC)C3=O)cc2OC)cc1. The van der Waals surface area contributed by atoms with Crippen molar-refractivity contribution in [3.05, 3.63) is 58.5 Å². The molecule has 2 aromatic carbocycles. The lowest BCUT2D eigenvalue weighted by Gasteiger charge is -2.13. The van der Waals surface area contributed by atoms with Crippen LogP contribution in [0.15, 0.2) is 47.4 Å². The lowest BCUT2D eigenvalue weighted by molar-refractivity contribution is -0.121. The molecule has 1 fully saturated rings. The summed E-state index contributed by atoms with van der Waals surface area (Å²) in [5.74, 6) is 2.54. The van der Waals surface area contributed by atoms with Crippen LogP contribution in [0.1, 0.15) is 44.2 Å². The summed E-state index contributed by atoms with van der Waals surface area (Å²) in [6.45, 7) is 7.70. The summed E-state index contributed by atoms with van der Waals surface area (Å²) < 4.78 is 17.7. The second-order valence-corrected chi connectivity index (χ2v) is 9.09. The van der Waals surface area contributed by atoms with Crippen LogP contribution in [0, 0.1) is 0 Å². The van der Waals surface area contributed by atoms with Crippen LogP contribution >= 0.6 is 24.0 Å². The number of amides is 1. The van der Waals surface area contributed by atoms with Crippen molar-refractivity contribution in [3.8, 4) is 17.2 Å². The number of ether oxygens (including phenoxy) is 3. The van der Waals surface area contributed by atoms with E-state index in [0.717, 1.165) is 17.7 Å². The summed E-state index contributed by atoms with van der Waals surface area (Å²) >= 11 is 6.59. The molecule has 0 unspecified atom stereocenters. The maximum atomic E-state index is 12.4. The average Bonchev–Trinajstić information content (AvgIpc) is 3.08. The molecule has 1 atom stereocenters. The fourth-order valence-corrected chi connectivity index (χ4v) is 4.64. The lowest BCUT2D eigenvalue weighted by atomic mass is 9.99. The fraction of sp³-hybridized carbons (Fsp3) is 0.360. The highest BCUT2D eigenvalue weighted by Crippen LogP contribution is 2.34. The van der Waals surface area contributed by atoms with E-state index in [2.05, 4.69) is 26.0 Å². The largest absolute Gasteiger partial charge is 0.493 e. The Morgan fingerprint density at radius 3 is 2.41 bits per heavy atom. The molecule has 1 amide bonds. The average molecular weight is 472 g/mol. The Balaban J connectivity index is 1.57. The Morgan fingerprint density at radius 2 is 1.78 bits per heavy atom. The molecule has 0 aromatic heterocycles. The van der Waals surface area contributed by atoms with E-state index in [0.29, 0.717) is 46.4 Å². The molecular formula is C25H29NO4S2. The summed E-state index contributed by atoms with van der Waals surface area (Å²) in [4.78, 5) is 14.6. The highest BCUT2D eigenvalue weighted by Gasteiger charge is 2.30. The molecule has 1 heterocycles. The first-order valence-corrected chi connectivity index (χ1v) is 12.0. The number of likely N-dealkylation sites (N-methyl/N-ethyl adjacent to an activating group) is 1. The van der Waals surface area contributed by atoms with Gasteiger partial charge in [-0.25, -0.2) is 0 Å². The zero-order chi connectivity index (χ0) is 23.1. The van der Waals surface area contributed by atoms with Gasteiger partial charge in [-0.2, -0.15) is 0 Å². The van der Waals surface area contributed by atoms with Crippen molar-refractivity contribution in [1.82, 2.24) is 4.90 Å². The Kier molecular flexibility index (Phi) is 8.59. The highest BCUT2D eigenvalue weighted by molar-refractivity contribution is 8.26. The molecule has 7 heteroatoms. The second kappa shape index (κ2) is 11.4. The molecule has 1 saturated heterocycles. The maximum Gasteiger partial charge on any atom is 0.266 e. The van der Waals surface area contributed by atoms with E-state index < -0.39 is 0 Å². The van der Waals surface area contributed by atoms with Crippen molar-refractivity contribution in [3.63, 3.8) is 0 Å². The van der Waals surface area contributed by atoms with Crippen molar-refractivity contribution in [1.29, 1.82) is 0 Å². The van der Waals surface area contributed by atoms with E-state index in [1.54, 1.807) is 12.0 Å². The van der Waals surface area contributed by atoms with Crippen LogP contribution < -0.4 is 14.2 Å². The molecular weight excluding hydrogens is 442 g/mol. The number of thioether (sulfide) groups is 1. The van der Waals surface area contributed by atoms with Crippen LogP contribution in [0.3, 0.4) is 0 Å². The van der Waals surface area contributed by atoms with Crippen molar-refractivity contribution in [2.45, 2.75) is 33.1 Å². The standard InChI is InChI=1S/C25H29NO4S2/c1-5-17(3)19-8-10-20(11-9-19)29-13-14-30-21-12-7-18(15-22(21)28-4)16-23-24(27)26(6-2)25(31)32-23/h7-12,15-17H,5-6,13-14H2,1-4H3/b23-16-/t17-/m0/s1. The van der Waals surface area contributed by atoms with E-state index >= 15 is 0 Å². The van der Waals surface area contributed by atoms with Gasteiger partial charge in [-0.15, -0.1) is 0 Å². The van der Waals surface area contributed by atoms with Gasteiger partial charge in [0.1, 0.15) is 23.3 Å². The second-order valence-electron chi connectivity index (χ2n) is 7.41. The Hall–Kier alpha value is -2.51. The van der Waals surface area contributed by atoms with E-state index in [1.165, 1.54) is 17.3 Å². The molecule has 0 aliphatic carbocycles. The number of carbonyl (C=O) groups excluding carboxylic acids is 1. The van der Waals surface area contributed by atoms with Gasteiger partial charge < -0.3 is 14.2 Å². The maximum absolute atomic E-state index is 12.4. The van der Waals surface area contributed by atoms with Crippen LogP contribution in [0.4, 0.5) is 0 Å². The third-order valence-electron chi connectivity index (χ3n) is 5.35. The molecule has 0 saturated carbocycles. The summed E-state index contributed by atoms with van der Waals surface area (Å²) in [5, 5.41) is 0. The molecule has 1 aliphatic heterocycles. The summed E-state index contributed by atoms with van der Waals surface area (Å²) in [7, 11) is 1.60. The van der Waals surface area contributed by atoms with Crippen molar-refractivity contribution >= 4 is 40.3 Å². The summed E-state index contributed by atoms with van der Waals surface area (Å²) in [6.07, 6.45) is 2.94. The summed E-state index contributed by atoms with van der Waals surface area (Å²) in [5.41, 5.74) is 2.17. The van der Waals surface area contributed by atoms with E-state index in [9.17, 15) is 4.79 Å². The Morgan fingerprint density at radius 1 is 1.06 bits per heavy atom. The molecule has 5 nitrogen and oxygen atoms in total. The van der Waals surface area contributed by atoms with Crippen LogP contribution in [0.25, 0.3) is 6.08 Å². The number of rotatable bonds is 10. The predicted molar refractivity (Wildman–Crippen MR) is 135 cm³/mol. The molecule has 32 heavy (non-hydrogen) atoms. The number of thiocarbonyl (C=S) groups is 1. The molecule has 0 bridgehead atoms. The number of methoxy groups -OCH3 is 1. The minimum absolute atomic E-state index is 0.0591. The highest BCUT2D eigenvalue weighted by atomic mass is 32.2. The zero-order valence-corrected chi connectivity index (χ0v) is 20.6. The van der Waals surface area contributed by atoms with Crippen molar-refractivity contribution < 1.29 is 19.0 Å². The van der Waals surface area contributed by atoms with Crippen molar-refractivity contribution in [2.24, 2.45) is 0 Å². The number of carbonyl (C=O) groups is 1. The molecule has 0 radical (unpaired) electrons. The summed E-state index contributed by atoms with van der Waals surface area (Å²) in [6, 6.07) is 13.8. The van der Waals surface area contributed by atoms with E-state index in [4.69, 9.17) is 26.4 Å². The first kappa shape index (κ1) is 24.1. The molecule has 0 spiro atoms. The number of hydrogen-bond acceptors (Lipinski definition) is 6. The van der Waals surface area contributed by atoms with Gasteiger partial charge in [0.25, 0.3) is 5.91 Å². The smallest absolute Gasteiger partial charge is 0.266 e. The van der Waals surface area contributed by atoms with E-state index in [1.807, 2.05) is 43.3 Å². The van der Waals surface area contributed by atoms with Gasteiger partial charge in [0.2, 0.25) is 0 Å². The van der Waals surface area contributed by atoms with Gasteiger partial charge in [0.05, 0.1) is 12.0 Å². The zero-order valence-electron chi connectivity index (χ0n) is 18.9. The van der Waals surface area contributed by atoms with Gasteiger partial charge >= 0.3 is 0 Å². The predicted octanol–water partition coefficient (Wildman–Crippen LogP) is 5.89. The fourth-order valence-electron chi connectivity index (χ4n) is 3.26. The van der Waals surface area contributed by atoms with Crippen molar-refractivity contribution in [2.75, 3.05) is 26.9 Å². The quantitative estimate of drug-likeness (QED) is 0.245. The molecule has 1 aliphatic rings. The minimum Gasteiger partial charge on any atom is -0.493 e. The van der Waals surface area contributed by atoms with Gasteiger partial charge in [-0.05, 0) is 60.7 Å². The third kappa shape index (κ3) is 5.84. The first-order chi connectivity index (χ1) is 15.5. The molecule has 0 N–H and O–H groups in total. The van der Waals surface area contributed by atoms with Gasteiger partial charge in [-0.3, -0.25) is 9.69 Å². The Labute approximate surface area is 199 Å².